The van der Waals surface area contributed by atoms with E-state index in [4.69, 9.17) is 4.52 Å². The van der Waals surface area contributed by atoms with Crippen molar-refractivity contribution in [3.8, 4) is 0 Å². The number of benzene rings is 1. The molecule has 1 saturated heterocycles. The van der Waals surface area contributed by atoms with Gasteiger partial charge in [-0.15, -0.1) is 0 Å². The van der Waals surface area contributed by atoms with Crippen LogP contribution in [0.1, 0.15) is 35.7 Å². The lowest BCUT2D eigenvalue weighted by Gasteiger charge is -2.14. The van der Waals surface area contributed by atoms with Crippen LogP contribution >= 0.6 is 0 Å². The smallest absolute Gasteiger partial charge is 0.246 e. The predicted octanol–water partition coefficient (Wildman–Crippen LogP) is 2.42. The second kappa shape index (κ2) is 6.27. The summed E-state index contributed by atoms with van der Waals surface area (Å²) in [6.07, 6.45) is 5.78. The van der Waals surface area contributed by atoms with E-state index in [1.54, 1.807) is 0 Å². The summed E-state index contributed by atoms with van der Waals surface area (Å²) in [5.41, 5.74) is 2.29. The van der Waals surface area contributed by atoms with E-state index in [1.165, 1.54) is 4.90 Å². The Morgan fingerprint density at radius 2 is 1.80 bits per heavy atom. The maximum atomic E-state index is 12.5. The van der Waals surface area contributed by atoms with Crippen molar-refractivity contribution >= 4 is 11.8 Å². The highest BCUT2D eigenvalue weighted by Gasteiger charge is 2.47. The zero-order chi connectivity index (χ0) is 17.4. The summed E-state index contributed by atoms with van der Waals surface area (Å²) in [5.74, 6) is 0.147. The number of aryl methyl sites for hydroxylation is 1. The highest BCUT2D eigenvalue weighted by molar-refractivity contribution is 6.05. The number of hydrogen-bond donors (Lipinski definition) is 0. The molecule has 2 aromatic rings. The van der Waals surface area contributed by atoms with Gasteiger partial charge in [0.15, 0.2) is 5.82 Å². The molecule has 2 heterocycles. The first-order valence-corrected chi connectivity index (χ1v) is 8.49. The van der Waals surface area contributed by atoms with Crippen LogP contribution in [0.3, 0.4) is 0 Å². The Balaban J connectivity index is 1.47. The summed E-state index contributed by atoms with van der Waals surface area (Å²) in [6, 6.07) is 8.02. The average molecular weight is 337 g/mol. The number of rotatable bonds is 4. The van der Waals surface area contributed by atoms with E-state index in [9.17, 15) is 9.59 Å². The Morgan fingerprint density at radius 1 is 1.12 bits per heavy atom. The molecule has 2 amide bonds. The maximum Gasteiger partial charge on any atom is 0.246 e. The summed E-state index contributed by atoms with van der Waals surface area (Å²) >= 11 is 0. The molecule has 25 heavy (non-hydrogen) atoms. The first-order chi connectivity index (χ1) is 12.1. The summed E-state index contributed by atoms with van der Waals surface area (Å²) in [6.45, 7) is 2.10. The molecule has 2 atom stereocenters. The number of amides is 2. The van der Waals surface area contributed by atoms with Crippen molar-refractivity contribution in [2.24, 2.45) is 11.8 Å². The van der Waals surface area contributed by atoms with Gasteiger partial charge in [-0.2, -0.15) is 4.98 Å². The molecular weight excluding hydrogens is 318 g/mol. The van der Waals surface area contributed by atoms with Crippen molar-refractivity contribution in [3.63, 3.8) is 0 Å². The number of carbonyl (C=O) groups is 2. The second-order valence-corrected chi connectivity index (χ2v) is 6.63. The van der Waals surface area contributed by atoms with Crippen LogP contribution in [-0.2, 0) is 22.6 Å². The number of imide groups is 1. The quantitative estimate of drug-likeness (QED) is 0.632. The van der Waals surface area contributed by atoms with Gasteiger partial charge in [-0.1, -0.05) is 41.6 Å². The number of nitrogens with zero attached hydrogens (tertiary/aromatic N) is 3. The molecule has 0 unspecified atom stereocenters. The molecule has 1 aliphatic heterocycles. The first-order valence-electron chi connectivity index (χ1n) is 8.49. The Kier molecular flexibility index (Phi) is 3.95. The number of allylic oxidation sites excluding steroid dienone is 2. The van der Waals surface area contributed by atoms with Crippen LogP contribution in [0.25, 0.3) is 0 Å². The van der Waals surface area contributed by atoms with E-state index < -0.39 is 0 Å². The summed E-state index contributed by atoms with van der Waals surface area (Å²) in [5, 5.41) is 3.99. The van der Waals surface area contributed by atoms with E-state index >= 15 is 0 Å². The minimum Gasteiger partial charge on any atom is -0.337 e. The lowest BCUT2D eigenvalue weighted by atomic mass is 9.85. The molecule has 2 aliphatic rings. The van der Waals surface area contributed by atoms with Crippen molar-refractivity contribution < 1.29 is 14.1 Å². The third kappa shape index (κ3) is 2.88. The van der Waals surface area contributed by atoms with Gasteiger partial charge in [-0.3, -0.25) is 14.5 Å². The van der Waals surface area contributed by atoms with Crippen LogP contribution in [0.4, 0.5) is 0 Å². The maximum absolute atomic E-state index is 12.5. The van der Waals surface area contributed by atoms with Crippen LogP contribution in [0.15, 0.2) is 40.9 Å². The molecule has 128 valence electrons. The third-order valence-electron chi connectivity index (χ3n) is 5.01. The molecule has 0 N–H and O–H groups in total. The molecule has 0 bridgehead atoms. The minimum atomic E-state index is -0.230. The zero-order valence-electron chi connectivity index (χ0n) is 14.0. The average Bonchev–Trinajstić information content (AvgIpc) is 3.16. The van der Waals surface area contributed by atoms with E-state index in [1.807, 2.05) is 43.3 Å². The van der Waals surface area contributed by atoms with Crippen LogP contribution in [0, 0.1) is 18.8 Å². The highest BCUT2D eigenvalue weighted by Crippen LogP contribution is 2.35. The number of hydrogen-bond acceptors (Lipinski definition) is 5. The molecule has 0 radical (unpaired) electrons. The summed E-state index contributed by atoms with van der Waals surface area (Å²) < 4.78 is 5.27. The molecular formula is C19H19N3O3. The Labute approximate surface area is 145 Å². The van der Waals surface area contributed by atoms with Crippen LogP contribution in [0.2, 0.25) is 0 Å². The molecule has 1 aromatic carbocycles. The van der Waals surface area contributed by atoms with Gasteiger partial charge in [0.2, 0.25) is 17.7 Å². The van der Waals surface area contributed by atoms with Gasteiger partial charge in [0, 0.05) is 6.42 Å². The number of fused-ring (bicyclic) bond motifs is 1. The minimum absolute atomic E-state index is 0.0610. The molecule has 0 saturated carbocycles. The number of likely N-dealkylation sites (tertiary alicyclic amines) is 1. The van der Waals surface area contributed by atoms with Crippen molar-refractivity contribution in [2.75, 3.05) is 0 Å². The van der Waals surface area contributed by atoms with E-state index in [0.29, 0.717) is 31.0 Å². The second-order valence-electron chi connectivity index (χ2n) is 6.63. The van der Waals surface area contributed by atoms with E-state index in [-0.39, 0.29) is 30.2 Å². The molecule has 1 fully saturated rings. The topological polar surface area (TPSA) is 76.3 Å². The predicted molar refractivity (Wildman–Crippen MR) is 89.2 cm³/mol. The van der Waals surface area contributed by atoms with Crippen LogP contribution in [0.5, 0.6) is 0 Å². The van der Waals surface area contributed by atoms with Gasteiger partial charge < -0.3 is 4.52 Å². The standard InChI is InChI=1S/C19H19N3O3/c1-12-6-2-3-7-13(12)10-16-20-17(25-21-16)11-22-18(23)14-8-4-5-9-15(14)19(22)24/h2-7,14-15H,8-11H2,1H3/t14-,15-/m0/s1. The Hall–Kier alpha value is -2.76. The fraction of sp³-hybridized carbons (Fsp3) is 0.368. The SMILES string of the molecule is Cc1ccccc1Cc1noc(CN2C(=O)[C@H]3CC=CC[C@@H]3C2=O)n1. The van der Waals surface area contributed by atoms with Crippen molar-refractivity contribution in [2.45, 2.75) is 32.7 Å². The van der Waals surface area contributed by atoms with Gasteiger partial charge in [0.05, 0.1) is 11.8 Å². The van der Waals surface area contributed by atoms with Crippen molar-refractivity contribution in [3.05, 3.63) is 59.3 Å². The molecule has 0 spiro atoms. The lowest BCUT2D eigenvalue weighted by molar-refractivity contribution is -0.141. The van der Waals surface area contributed by atoms with E-state index in [2.05, 4.69) is 10.1 Å². The molecule has 6 heteroatoms. The van der Waals surface area contributed by atoms with Gasteiger partial charge >= 0.3 is 0 Å². The number of aromatic nitrogens is 2. The zero-order valence-corrected chi connectivity index (χ0v) is 14.0. The fourth-order valence-corrected chi connectivity index (χ4v) is 3.57. The van der Waals surface area contributed by atoms with Crippen LogP contribution in [-0.4, -0.2) is 26.9 Å². The summed E-state index contributed by atoms with van der Waals surface area (Å²) in [7, 11) is 0. The number of carbonyl (C=O) groups excluding carboxylic acids is 2. The highest BCUT2D eigenvalue weighted by atomic mass is 16.5. The van der Waals surface area contributed by atoms with Crippen molar-refractivity contribution in [1.29, 1.82) is 0 Å². The Morgan fingerprint density at radius 3 is 2.48 bits per heavy atom. The normalized spacial score (nSPS) is 22.5. The third-order valence-corrected chi connectivity index (χ3v) is 5.01. The van der Waals surface area contributed by atoms with Gasteiger partial charge in [-0.25, -0.2) is 0 Å². The molecule has 1 aromatic heterocycles. The van der Waals surface area contributed by atoms with Gasteiger partial charge in [0.25, 0.3) is 0 Å². The fourth-order valence-electron chi connectivity index (χ4n) is 3.57. The molecule has 6 nitrogen and oxygen atoms in total. The molecule has 1 aliphatic carbocycles. The van der Waals surface area contributed by atoms with E-state index in [0.717, 1.165) is 11.1 Å². The Bertz CT molecular complexity index is 829. The first kappa shape index (κ1) is 15.7. The van der Waals surface area contributed by atoms with Gasteiger partial charge in [0.1, 0.15) is 6.54 Å². The molecule has 4 rings (SSSR count). The summed E-state index contributed by atoms with van der Waals surface area (Å²) in [4.78, 5) is 30.6. The van der Waals surface area contributed by atoms with Crippen molar-refractivity contribution in [1.82, 2.24) is 15.0 Å². The monoisotopic (exact) mass is 337 g/mol. The largest absolute Gasteiger partial charge is 0.337 e. The van der Waals surface area contributed by atoms with Crippen LogP contribution < -0.4 is 0 Å². The van der Waals surface area contributed by atoms with Gasteiger partial charge in [-0.05, 0) is 30.9 Å². The lowest BCUT2D eigenvalue weighted by Crippen LogP contribution is -2.30.